The monoisotopic (exact) mass is 245 g/mol. The summed E-state index contributed by atoms with van der Waals surface area (Å²) in [6.45, 7) is 0.727. The van der Waals surface area contributed by atoms with Crippen LogP contribution in [0.25, 0.3) is 11.4 Å². The maximum atomic E-state index is 12.9. The molecule has 3 nitrogen and oxygen atoms in total. The van der Waals surface area contributed by atoms with E-state index in [2.05, 4.69) is 9.97 Å². The van der Waals surface area contributed by atoms with E-state index in [1.165, 1.54) is 17.8 Å². The van der Waals surface area contributed by atoms with Crippen molar-refractivity contribution in [2.24, 2.45) is 11.7 Å². The highest BCUT2D eigenvalue weighted by Crippen LogP contribution is 2.26. The molecule has 1 atom stereocenters. The van der Waals surface area contributed by atoms with Gasteiger partial charge in [0.15, 0.2) is 0 Å². The number of aromatic nitrogens is 2. The molecule has 0 spiro atoms. The zero-order chi connectivity index (χ0) is 12.5. The summed E-state index contributed by atoms with van der Waals surface area (Å²) >= 11 is 0. The van der Waals surface area contributed by atoms with Gasteiger partial charge in [-0.1, -0.05) is 0 Å². The largest absolute Gasteiger partial charge is 0.342 e. The molecule has 3 rings (SSSR count). The highest BCUT2D eigenvalue weighted by atomic mass is 19.1. The average molecular weight is 245 g/mol. The number of hydrogen-bond acceptors (Lipinski definition) is 2. The van der Waals surface area contributed by atoms with Gasteiger partial charge in [0.2, 0.25) is 0 Å². The number of nitrogens with two attached hydrogens (primary N) is 1. The van der Waals surface area contributed by atoms with E-state index in [1.54, 1.807) is 12.1 Å². The molecule has 18 heavy (non-hydrogen) atoms. The molecule has 1 unspecified atom stereocenters. The first-order chi connectivity index (χ1) is 8.76. The minimum Gasteiger partial charge on any atom is -0.342 e. The Morgan fingerprint density at radius 3 is 2.83 bits per heavy atom. The van der Waals surface area contributed by atoms with Crippen LogP contribution in [-0.4, -0.2) is 16.5 Å². The lowest BCUT2D eigenvalue weighted by molar-refractivity contribution is 0.461. The van der Waals surface area contributed by atoms with Crippen LogP contribution in [0.4, 0.5) is 4.39 Å². The second-order valence-electron chi connectivity index (χ2n) is 4.86. The number of nitrogens with zero attached hydrogens (tertiary/aromatic N) is 1. The summed E-state index contributed by atoms with van der Waals surface area (Å²) in [5.41, 5.74) is 8.97. The Balaban J connectivity index is 1.91. The highest BCUT2D eigenvalue weighted by molar-refractivity contribution is 5.56. The smallest absolute Gasteiger partial charge is 0.137 e. The number of H-pyrrole nitrogens is 1. The van der Waals surface area contributed by atoms with Crippen molar-refractivity contribution in [1.82, 2.24) is 9.97 Å². The number of benzene rings is 1. The molecule has 0 radical (unpaired) electrons. The zero-order valence-electron chi connectivity index (χ0n) is 10.1. The molecular formula is C14H16FN3. The van der Waals surface area contributed by atoms with Crippen molar-refractivity contribution < 1.29 is 4.39 Å². The van der Waals surface area contributed by atoms with Crippen LogP contribution >= 0.6 is 0 Å². The molecule has 2 aromatic rings. The number of imidazole rings is 1. The fourth-order valence-electron chi connectivity index (χ4n) is 2.50. The number of rotatable bonds is 2. The minimum atomic E-state index is -0.224. The van der Waals surface area contributed by atoms with Gasteiger partial charge in [0, 0.05) is 11.3 Å². The van der Waals surface area contributed by atoms with Gasteiger partial charge >= 0.3 is 0 Å². The predicted molar refractivity (Wildman–Crippen MR) is 68.6 cm³/mol. The molecule has 0 amide bonds. The van der Waals surface area contributed by atoms with Crippen molar-refractivity contribution in [2.45, 2.75) is 19.3 Å². The standard InChI is InChI=1S/C14H16FN3/c15-11-4-2-10(3-5-11)14-17-12-6-1-9(8-16)7-13(12)18-14/h2-5,9H,1,6-8,16H2,(H,17,18). The van der Waals surface area contributed by atoms with Gasteiger partial charge in [0.25, 0.3) is 0 Å². The van der Waals surface area contributed by atoms with Crippen LogP contribution in [0.3, 0.4) is 0 Å². The van der Waals surface area contributed by atoms with E-state index >= 15 is 0 Å². The summed E-state index contributed by atoms with van der Waals surface area (Å²) in [5, 5.41) is 0. The van der Waals surface area contributed by atoms with Crippen LogP contribution in [0.5, 0.6) is 0 Å². The molecule has 1 aromatic heterocycles. The lowest BCUT2D eigenvalue weighted by atomic mass is 9.90. The summed E-state index contributed by atoms with van der Waals surface area (Å²) in [5.74, 6) is 1.16. The number of halogens is 1. The van der Waals surface area contributed by atoms with Crippen LogP contribution < -0.4 is 5.73 Å². The van der Waals surface area contributed by atoms with Gasteiger partial charge in [-0.15, -0.1) is 0 Å². The number of aromatic amines is 1. The lowest BCUT2D eigenvalue weighted by Crippen LogP contribution is -2.22. The second-order valence-corrected chi connectivity index (χ2v) is 4.86. The molecule has 1 aliphatic carbocycles. The summed E-state index contributed by atoms with van der Waals surface area (Å²) in [4.78, 5) is 7.95. The van der Waals surface area contributed by atoms with Gasteiger partial charge < -0.3 is 10.7 Å². The van der Waals surface area contributed by atoms with Crippen LogP contribution in [0.1, 0.15) is 17.8 Å². The van der Waals surface area contributed by atoms with Crippen LogP contribution in [0.15, 0.2) is 24.3 Å². The molecule has 3 N–H and O–H groups in total. The third-order valence-corrected chi connectivity index (χ3v) is 3.60. The molecule has 4 heteroatoms. The minimum absolute atomic E-state index is 0.224. The van der Waals surface area contributed by atoms with Crippen LogP contribution in [0, 0.1) is 11.7 Å². The van der Waals surface area contributed by atoms with Crippen molar-refractivity contribution in [3.63, 3.8) is 0 Å². The maximum absolute atomic E-state index is 12.9. The highest BCUT2D eigenvalue weighted by Gasteiger charge is 2.21. The Labute approximate surface area is 105 Å². The Bertz CT molecular complexity index is 545. The molecule has 1 aromatic carbocycles. The van der Waals surface area contributed by atoms with E-state index in [1.807, 2.05) is 0 Å². The third-order valence-electron chi connectivity index (χ3n) is 3.60. The van der Waals surface area contributed by atoms with Gasteiger partial charge in [-0.3, -0.25) is 0 Å². The van der Waals surface area contributed by atoms with E-state index in [-0.39, 0.29) is 5.82 Å². The predicted octanol–water partition coefficient (Wildman–Crippen LogP) is 2.28. The van der Waals surface area contributed by atoms with Gasteiger partial charge in [0.05, 0.1) is 5.69 Å². The fraction of sp³-hybridized carbons (Fsp3) is 0.357. The molecule has 0 fully saturated rings. The quantitative estimate of drug-likeness (QED) is 0.852. The van der Waals surface area contributed by atoms with Crippen molar-refractivity contribution in [3.8, 4) is 11.4 Å². The first kappa shape index (κ1) is 11.4. The van der Waals surface area contributed by atoms with Crippen LogP contribution in [0.2, 0.25) is 0 Å². The molecule has 0 bridgehead atoms. The Kier molecular flexibility index (Phi) is 2.88. The second kappa shape index (κ2) is 4.53. The Morgan fingerprint density at radius 1 is 1.33 bits per heavy atom. The van der Waals surface area contributed by atoms with E-state index < -0.39 is 0 Å². The molecule has 0 saturated carbocycles. The summed E-state index contributed by atoms with van der Waals surface area (Å²) < 4.78 is 12.9. The van der Waals surface area contributed by atoms with Crippen molar-refractivity contribution in [1.29, 1.82) is 0 Å². The van der Waals surface area contributed by atoms with Crippen molar-refractivity contribution in [2.75, 3.05) is 6.54 Å². The lowest BCUT2D eigenvalue weighted by Gasteiger charge is -2.18. The average Bonchev–Trinajstić information content (AvgIpc) is 2.82. The molecule has 94 valence electrons. The van der Waals surface area contributed by atoms with Crippen molar-refractivity contribution in [3.05, 3.63) is 41.5 Å². The number of nitrogens with one attached hydrogen (secondary N) is 1. The van der Waals surface area contributed by atoms with Gasteiger partial charge in [0.1, 0.15) is 11.6 Å². The molecule has 1 heterocycles. The zero-order valence-corrected chi connectivity index (χ0v) is 10.1. The number of fused-ring (bicyclic) bond motifs is 1. The summed E-state index contributed by atoms with van der Waals surface area (Å²) in [6.07, 6.45) is 3.06. The molecule has 0 saturated heterocycles. The summed E-state index contributed by atoms with van der Waals surface area (Å²) in [6, 6.07) is 6.42. The number of hydrogen-bond donors (Lipinski definition) is 2. The first-order valence-corrected chi connectivity index (χ1v) is 6.30. The van der Waals surface area contributed by atoms with Gasteiger partial charge in [-0.05, 0) is 56.0 Å². The van der Waals surface area contributed by atoms with E-state index in [4.69, 9.17) is 5.73 Å². The van der Waals surface area contributed by atoms with E-state index in [9.17, 15) is 4.39 Å². The van der Waals surface area contributed by atoms with E-state index in [0.717, 1.165) is 42.9 Å². The van der Waals surface area contributed by atoms with Crippen molar-refractivity contribution >= 4 is 0 Å². The SMILES string of the molecule is NCC1CCc2nc(-c3ccc(F)cc3)[nH]c2C1. The van der Waals surface area contributed by atoms with E-state index in [0.29, 0.717) is 5.92 Å². The maximum Gasteiger partial charge on any atom is 0.137 e. The Morgan fingerprint density at radius 2 is 2.11 bits per heavy atom. The topological polar surface area (TPSA) is 54.7 Å². The van der Waals surface area contributed by atoms with Gasteiger partial charge in [-0.2, -0.15) is 0 Å². The Hall–Kier alpha value is -1.68. The normalized spacial score (nSPS) is 18.7. The summed E-state index contributed by atoms with van der Waals surface area (Å²) in [7, 11) is 0. The third kappa shape index (κ3) is 2.04. The molecule has 1 aliphatic rings. The van der Waals surface area contributed by atoms with Gasteiger partial charge in [-0.25, -0.2) is 9.37 Å². The first-order valence-electron chi connectivity index (χ1n) is 6.30. The molecular weight excluding hydrogens is 229 g/mol. The fourth-order valence-corrected chi connectivity index (χ4v) is 2.50. The molecule has 0 aliphatic heterocycles. The number of aryl methyl sites for hydroxylation is 1. The van der Waals surface area contributed by atoms with Crippen LogP contribution in [-0.2, 0) is 12.8 Å².